The summed E-state index contributed by atoms with van der Waals surface area (Å²) in [4.78, 5) is 20.9. The van der Waals surface area contributed by atoms with Gasteiger partial charge in [-0.3, -0.25) is 9.78 Å². The van der Waals surface area contributed by atoms with Gasteiger partial charge in [-0.2, -0.15) is 0 Å². The molecule has 1 aliphatic rings. The van der Waals surface area contributed by atoms with Gasteiger partial charge in [0, 0.05) is 29.7 Å². The zero-order valence-corrected chi connectivity index (χ0v) is 16.2. The molecular formula is C22H19N3O4. The minimum absolute atomic E-state index is 0.189. The lowest BCUT2D eigenvalue weighted by Crippen LogP contribution is -2.04. The van der Waals surface area contributed by atoms with Gasteiger partial charge in [-0.15, -0.1) is 0 Å². The molecule has 0 saturated carbocycles. The molecule has 0 atom stereocenters. The van der Waals surface area contributed by atoms with Crippen molar-refractivity contribution in [2.75, 3.05) is 26.6 Å². The Hall–Kier alpha value is -3.87. The van der Waals surface area contributed by atoms with Gasteiger partial charge in [0.05, 0.1) is 26.9 Å². The van der Waals surface area contributed by atoms with Crippen molar-refractivity contribution >= 4 is 23.4 Å². The van der Waals surface area contributed by atoms with Gasteiger partial charge >= 0.3 is 0 Å². The predicted molar refractivity (Wildman–Crippen MR) is 110 cm³/mol. The van der Waals surface area contributed by atoms with Crippen LogP contribution in [0.25, 0.3) is 22.8 Å². The van der Waals surface area contributed by atoms with E-state index in [4.69, 9.17) is 14.2 Å². The number of amides is 1. The standard InChI is InChI=1S/C22H19N3O4/c1-27-18-10-14(11-19(28-2)20(18)29-3)15-9-16-17(8-13-4-6-23-7-5-13)22(26)25-21(16)24-12-15/h4-12H,1-3H3,(H,24,25,26)/b17-8-. The van der Waals surface area contributed by atoms with Crippen molar-refractivity contribution in [1.82, 2.24) is 9.97 Å². The van der Waals surface area contributed by atoms with Crippen LogP contribution in [0.5, 0.6) is 17.2 Å². The summed E-state index contributed by atoms with van der Waals surface area (Å²) in [5.41, 5.74) is 3.82. The van der Waals surface area contributed by atoms with Crippen LogP contribution >= 0.6 is 0 Å². The van der Waals surface area contributed by atoms with Crippen LogP contribution in [0, 0.1) is 0 Å². The fourth-order valence-corrected chi connectivity index (χ4v) is 3.24. The molecule has 3 aromatic rings. The number of benzene rings is 1. The monoisotopic (exact) mass is 389 g/mol. The Bertz CT molecular complexity index is 1090. The third kappa shape index (κ3) is 3.38. The fraction of sp³-hybridized carbons (Fsp3) is 0.136. The largest absolute Gasteiger partial charge is 0.493 e. The first-order valence-electron chi connectivity index (χ1n) is 8.88. The highest BCUT2D eigenvalue weighted by Gasteiger charge is 2.26. The zero-order valence-electron chi connectivity index (χ0n) is 16.2. The highest BCUT2D eigenvalue weighted by molar-refractivity contribution is 6.34. The van der Waals surface area contributed by atoms with Crippen LogP contribution in [0.15, 0.2) is 48.9 Å². The average Bonchev–Trinajstić information content (AvgIpc) is 3.07. The van der Waals surface area contributed by atoms with Crippen LogP contribution in [0.2, 0.25) is 0 Å². The number of nitrogens with zero attached hydrogens (tertiary/aromatic N) is 2. The van der Waals surface area contributed by atoms with Gasteiger partial charge < -0.3 is 19.5 Å². The number of hydrogen-bond donors (Lipinski definition) is 1. The third-order valence-corrected chi connectivity index (χ3v) is 4.67. The first-order chi connectivity index (χ1) is 14.1. The molecule has 1 amide bonds. The van der Waals surface area contributed by atoms with Crippen LogP contribution in [0.1, 0.15) is 11.1 Å². The Kier molecular flexibility index (Phi) is 4.87. The summed E-state index contributed by atoms with van der Waals surface area (Å²) in [5, 5.41) is 2.81. The van der Waals surface area contributed by atoms with Gasteiger partial charge in [-0.05, 0) is 47.5 Å². The minimum atomic E-state index is -0.189. The van der Waals surface area contributed by atoms with Crippen molar-refractivity contribution in [2.45, 2.75) is 0 Å². The zero-order chi connectivity index (χ0) is 20.4. The maximum Gasteiger partial charge on any atom is 0.257 e. The predicted octanol–water partition coefficient (Wildman–Crippen LogP) is 3.66. The van der Waals surface area contributed by atoms with Gasteiger partial charge in [0.1, 0.15) is 5.82 Å². The van der Waals surface area contributed by atoms with Gasteiger partial charge in [0.15, 0.2) is 11.5 Å². The lowest BCUT2D eigenvalue weighted by atomic mass is 10.0. The van der Waals surface area contributed by atoms with Crippen molar-refractivity contribution in [2.24, 2.45) is 0 Å². The number of nitrogens with one attached hydrogen (secondary N) is 1. The molecule has 0 bridgehead atoms. The van der Waals surface area contributed by atoms with E-state index in [9.17, 15) is 4.79 Å². The van der Waals surface area contributed by atoms with Crippen molar-refractivity contribution < 1.29 is 19.0 Å². The van der Waals surface area contributed by atoms with Crippen molar-refractivity contribution in [3.63, 3.8) is 0 Å². The number of ether oxygens (including phenoxy) is 3. The molecule has 0 radical (unpaired) electrons. The third-order valence-electron chi connectivity index (χ3n) is 4.67. The number of carbonyl (C=O) groups excluding carboxylic acids is 1. The van der Waals surface area contributed by atoms with Gasteiger partial charge in [0.2, 0.25) is 5.75 Å². The number of rotatable bonds is 5. The summed E-state index contributed by atoms with van der Waals surface area (Å²) in [7, 11) is 4.70. The van der Waals surface area contributed by atoms with Gasteiger partial charge in [-0.1, -0.05) is 0 Å². The molecule has 1 aromatic carbocycles. The molecule has 0 unspecified atom stereocenters. The molecule has 0 aliphatic carbocycles. The molecule has 0 saturated heterocycles. The number of methoxy groups -OCH3 is 3. The number of carbonyl (C=O) groups is 1. The first kappa shape index (κ1) is 18.5. The molecule has 4 rings (SSSR count). The smallest absolute Gasteiger partial charge is 0.257 e. The molecule has 0 spiro atoms. The number of aromatic nitrogens is 2. The Morgan fingerprint density at radius 1 is 0.931 bits per heavy atom. The van der Waals surface area contributed by atoms with E-state index in [1.807, 2.05) is 36.4 Å². The second kappa shape index (κ2) is 7.63. The topological polar surface area (TPSA) is 82.6 Å². The van der Waals surface area contributed by atoms with E-state index in [0.717, 1.165) is 22.3 Å². The number of hydrogen-bond acceptors (Lipinski definition) is 6. The van der Waals surface area contributed by atoms with Crippen LogP contribution in [-0.4, -0.2) is 37.2 Å². The van der Waals surface area contributed by atoms with Crippen molar-refractivity contribution in [3.8, 4) is 28.4 Å². The Morgan fingerprint density at radius 3 is 2.24 bits per heavy atom. The highest BCUT2D eigenvalue weighted by Crippen LogP contribution is 2.42. The lowest BCUT2D eigenvalue weighted by molar-refractivity contribution is -0.110. The first-order valence-corrected chi connectivity index (χ1v) is 8.88. The van der Waals surface area contributed by atoms with Gasteiger partial charge in [0.25, 0.3) is 5.91 Å². The summed E-state index contributed by atoms with van der Waals surface area (Å²) in [6, 6.07) is 9.31. The fourth-order valence-electron chi connectivity index (χ4n) is 3.24. The molecule has 3 heterocycles. The van der Waals surface area contributed by atoms with Crippen LogP contribution in [-0.2, 0) is 4.79 Å². The summed E-state index contributed by atoms with van der Waals surface area (Å²) >= 11 is 0. The molecular weight excluding hydrogens is 370 g/mol. The second-order valence-electron chi connectivity index (χ2n) is 6.33. The molecule has 7 heteroatoms. The number of pyridine rings is 2. The maximum absolute atomic E-state index is 12.5. The highest BCUT2D eigenvalue weighted by atomic mass is 16.5. The lowest BCUT2D eigenvalue weighted by Gasteiger charge is -2.14. The quantitative estimate of drug-likeness (QED) is 0.671. The SMILES string of the molecule is COc1cc(-c2cnc3c(c2)/C(=C/c2ccncc2)C(=O)N3)cc(OC)c1OC. The molecule has 2 aromatic heterocycles. The van der Waals surface area contributed by atoms with E-state index in [0.29, 0.717) is 28.6 Å². The van der Waals surface area contributed by atoms with Crippen molar-refractivity contribution in [3.05, 3.63) is 60.0 Å². The summed E-state index contributed by atoms with van der Waals surface area (Å²) in [5.74, 6) is 1.95. The van der Waals surface area contributed by atoms with Crippen LogP contribution in [0.4, 0.5) is 5.82 Å². The normalized spacial score (nSPS) is 13.8. The van der Waals surface area contributed by atoms with Gasteiger partial charge in [-0.25, -0.2) is 4.98 Å². The molecule has 1 aliphatic heterocycles. The van der Waals surface area contributed by atoms with E-state index in [1.54, 1.807) is 39.9 Å². The molecule has 1 N–H and O–H groups in total. The van der Waals surface area contributed by atoms with Crippen LogP contribution in [0.3, 0.4) is 0 Å². The van der Waals surface area contributed by atoms with E-state index in [1.165, 1.54) is 0 Å². The molecule has 29 heavy (non-hydrogen) atoms. The Morgan fingerprint density at radius 2 is 1.62 bits per heavy atom. The summed E-state index contributed by atoms with van der Waals surface area (Å²) < 4.78 is 16.3. The molecule has 0 fully saturated rings. The average molecular weight is 389 g/mol. The Labute approximate surface area is 168 Å². The van der Waals surface area contributed by atoms with E-state index in [2.05, 4.69) is 15.3 Å². The number of fused-ring (bicyclic) bond motifs is 1. The van der Waals surface area contributed by atoms with Crippen LogP contribution < -0.4 is 19.5 Å². The number of anilines is 1. The van der Waals surface area contributed by atoms with E-state index in [-0.39, 0.29) is 5.91 Å². The molecule has 146 valence electrons. The molecule has 7 nitrogen and oxygen atoms in total. The summed E-state index contributed by atoms with van der Waals surface area (Å²) in [6.45, 7) is 0. The van der Waals surface area contributed by atoms with E-state index < -0.39 is 0 Å². The van der Waals surface area contributed by atoms with E-state index >= 15 is 0 Å². The maximum atomic E-state index is 12.5. The second-order valence-corrected chi connectivity index (χ2v) is 6.33. The summed E-state index contributed by atoms with van der Waals surface area (Å²) in [6.07, 6.45) is 6.90. The van der Waals surface area contributed by atoms with Crippen molar-refractivity contribution in [1.29, 1.82) is 0 Å². The Balaban J connectivity index is 1.82. The minimum Gasteiger partial charge on any atom is -0.493 e.